The fraction of sp³-hybridized carbons (Fsp3) is 0.500. The first kappa shape index (κ1) is 13.3. The SMILES string of the molecule is CCCN1CCC(c2ccc3nccc(=O)n3c2)CC1. The molecule has 0 radical (unpaired) electrons. The van der Waals surface area contributed by atoms with Crippen LogP contribution in [0.5, 0.6) is 0 Å². The second-order valence-electron chi connectivity index (χ2n) is 5.59. The van der Waals surface area contributed by atoms with Crippen LogP contribution in [0.2, 0.25) is 0 Å². The van der Waals surface area contributed by atoms with E-state index in [1.165, 1.54) is 50.5 Å². The number of hydrogen-bond donors (Lipinski definition) is 0. The van der Waals surface area contributed by atoms with E-state index in [0.717, 1.165) is 5.65 Å². The number of hydrogen-bond acceptors (Lipinski definition) is 3. The van der Waals surface area contributed by atoms with E-state index in [9.17, 15) is 4.79 Å². The third-order valence-corrected chi connectivity index (χ3v) is 4.21. The Morgan fingerprint density at radius 2 is 2.05 bits per heavy atom. The molecule has 0 amide bonds. The molecule has 106 valence electrons. The normalized spacial score (nSPS) is 17.6. The van der Waals surface area contributed by atoms with Crippen LogP contribution in [0.3, 0.4) is 0 Å². The molecule has 3 rings (SSSR count). The van der Waals surface area contributed by atoms with Crippen molar-refractivity contribution in [3.05, 3.63) is 46.5 Å². The monoisotopic (exact) mass is 271 g/mol. The van der Waals surface area contributed by atoms with Crippen molar-refractivity contribution in [2.24, 2.45) is 0 Å². The Bertz CT molecular complexity index is 641. The lowest BCUT2D eigenvalue weighted by molar-refractivity contribution is 0.212. The molecule has 0 spiro atoms. The topological polar surface area (TPSA) is 37.6 Å². The van der Waals surface area contributed by atoms with Gasteiger partial charge in [-0.15, -0.1) is 0 Å². The van der Waals surface area contributed by atoms with E-state index >= 15 is 0 Å². The van der Waals surface area contributed by atoms with E-state index < -0.39 is 0 Å². The number of aromatic nitrogens is 2. The maximum atomic E-state index is 11.9. The van der Waals surface area contributed by atoms with Crippen LogP contribution in [0.4, 0.5) is 0 Å². The summed E-state index contributed by atoms with van der Waals surface area (Å²) in [5.74, 6) is 0.569. The summed E-state index contributed by atoms with van der Waals surface area (Å²) in [7, 11) is 0. The Morgan fingerprint density at radius 3 is 2.80 bits per heavy atom. The summed E-state index contributed by atoms with van der Waals surface area (Å²) in [6.45, 7) is 5.76. The molecule has 1 saturated heterocycles. The largest absolute Gasteiger partial charge is 0.303 e. The van der Waals surface area contributed by atoms with E-state index in [1.54, 1.807) is 10.6 Å². The Balaban J connectivity index is 1.81. The van der Waals surface area contributed by atoms with Gasteiger partial charge in [-0.25, -0.2) is 4.98 Å². The quantitative estimate of drug-likeness (QED) is 0.859. The molecule has 0 aromatic carbocycles. The van der Waals surface area contributed by atoms with Crippen molar-refractivity contribution in [1.82, 2.24) is 14.3 Å². The zero-order valence-electron chi connectivity index (χ0n) is 12.0. The van der Waals surface area contributed by atoms with Gasteiger partial charge < -0.3 is 4.90 Å². The van der Waals surface area contributed by atoms with Crippen LogP contribution in [0.1, 0.15) is 37.7 Å². The molecule has 0 bridgehead atoms. The Labute approximate surface area is 119 Å². The van der Waals surface area contributed by atoms with Crippen LogP contribution in [0, 0.1) is 0 Å². The fourth-order valence-electron chi connectivity index (χ4n) is 3.10. The second kappa shape index (κ2) is 5.75. The van der Waals surface area contributed by atoms with Crippen LogP contribution in [-0.2, 0) is 0 Å². The van der Waals surface area contributed by atoms with Crippen molar-refractivity contribution in [3.63, 3.8) is 0 Å². The lowest BCUT2D eigenvalue weighted by atomic mass is 9.90. The van der Waals surface area contributed by atoms with Crippen molar-refractivity contribution in [1.29, 1.82) is 0 Å². The maximum Gasteiger partial charge on any atom is 0.257 e. The minimum atomic E-state index is 0.000249. The second-order valence-corrected chi connectivity index (χ2v) is 5.59. The van der Waals surface area contributed by atoms with Gasteiger partial charge in [0.15, 0.2) is 0 Å². The number of pyridine rings is 1. The third-order valence-electron chi connectivity index (χ3n) is 4.21. The molecule has 0 aliphatic carbocycles. The van der Waals surface area contributed by atoms with Crippen LogP contribution < -0.4 is 5.56 Å². The Hall–Kier alpha value is -1.68. The van der Waals surface area contributed by atoms with E-state index in [1.807, 2.05) is 12.3 Å². The van der Waals surface area contributed by atoms with Crippen molar-refractivity contribution >= 4 is 5.65 Å². The summed E-state index contributed by atoms with van der Waals surface area (Å²) in [6, 6.07) is 5.59. The molecule has 0 N–H and O–H groups in total. The average Bonchev–Trinajstić information content (AvgIpc) is 2.49. The predicted molar refractivity (Wildman–Crippen MR) is 80.2 cm³/mol. The molecule has 1 aliphatic rings. The van der Waals surface area contributed by atoms with Gasteiger partial charge in [0.25, 0.3) is 5.56 Å². The zero-order chi connectivity index (χ0) is 13.9. The highest BCUT2D eigenvalue weighted by molar-refractivity contribution is 5.39. The molecule has 4 heteroatoms. The van der Waals surface area contributed by atoms with E-state index in [-0.39, 0.29) is 5.56 Å². The van der Waals surface area contributed by atoms with Gasteiger partial charge in [-0.3, -0.25) is 9.20 Å². The molecule has 1 fully saturated rings. The molecule has 1 aliphatic heterocycles. The third kappa shape index (κ3) is 2.61. The predicted octanol–water partition coefficient (Wildman–Crippen LogP) is 2.28. The highest BCUT2D eigenvalue weighted by Crippen LogP contribution is 2.27. The van der Waals surface area contributed by atoms with E-state index in [4.69, 9.17) is 0 Å². The van der Waals surface area contributed by atoms with Crippen molar-refractivity contribution in [2.75, 3.05) is 19.6 Å². The van der Waals surface area contributed by atoms with Gasteiger partial charge in [-0.05, 0) is 56.4 Å². The highest BCUT2D eigenvalue weighted by atomic mass is 16.1. The summed E-state index contributed by atoms with van der Waals surface area (Å²) in [5, 5.41) is 0. The number of likely N-dealkylation sites (tertiary alicyclic amines) is 1. The number of fused-ring (bicyclic) bond motifs is 1. The van der Waals surface area contributed by atoms with Crippen molar-refractivity contribution in [2.45, 2.75) is 32.1 Å². The van der Waals surface area contributed by atoms with Crippen LogP contribution >= 0.6 is 0 Å². The molecule has 20 heavy (non-hydrogen) atoms. The van der Waals surface area contributed by atoms with Gasteiger partial charge in [-0.1, -0.05) is 13.0 Å². The molecule has 4 nitrogen and oxygen atoms in total. The first-order valence-electron chi connectivity index (χ1n) is 7.47. The van der Waals surface area contributed by atoms with Crippen LogP contribution in [-0.4, -0.2) is 33.9 Å². The Morgan fingerprint density at radius 1 is 1.25 bits per heavy atom. The van der Waals surface area contributed by atoms with E-state index in [2.05, 4.69) is 22.9 Å². The number of rotatable bonds is 3. The van der Waals surface area contributed by atoms with Gasteiger partial charge in [0.2, 0.25) is 0 Å². The van der Waals surface area contributed by atoms with Gasteiger partial charge in [0, 0.05) is 18.5 Å². The van der Waals surface area contributed by atoms with E-state index in [0.29, 0.717) is 5.92 Å². The smallest absolute Gasteiger partial charge is 0.257 e. The van der Waals surface area contributed by atoms with Gasteiger partial charge in [-0.2, -0.15) is 0 Å². The number of piperidine rings is 1. The summed E-state index contributed by atoms with van der Waals surface area (Å²) in [4.78, 5) is 18.6. The molecule has 2 aromatic rings. The minimum Gasteiger partial charge on any atom is -0.303 e. The lowest BCUT2D eigenvalue weighted by Crippen LogP contribution is -2.33. The molecular formula is C16H21N3O. The van der Waals surface area contributed by atoms with Crippen LogP contribution in [0.15, 0.2) is 35.4 Å². The zero-order valence-corrected chi connectivity index (χ0v) is 12.0. The van der Waals surface area contributed by atoms with Gasteiger partial charge in [0.05, 0.1) is 0 Å². The molecule has 0 unspecified atom stereocenters. The summed E-state index contributed by atoms with van der Waals surface area (Å²) in [6.07, 6.45) is 7.13. The average molecular weight is 271 g/mol. The maximum absolute atomic E-state index is 11.9. The molecule has 0 atom stereocenters. The Kier molecular flexibility index (Phi) is 3.83. The molecule has 3 heterocycles. The summed E-state index contributed by atoms with van der Waals surface area (Å²) >= 11 is 0. The fourth-order valence-corrected chi connectivity index (χ4v) is 3.10. The highest BCUT2D eigenvalue weighted by Gasteiger charge is 2.20. The first-order valence-corrected chi connectivity index (χ1v) is 7.47. The standard InChI is InChI=1S/C16H21N3O/c1-2-9-18-10-6-13(7-11-18)14-3-4-15-17-8-5-16(20)19(15)12-14/h3-5,8,12-13H,2,6-7,9-11H2,1H3. The van der Waals surface area contributed by atoms with Gasteiger partial charge >= 0.3 is 0 Å². The summed E-state index contributed by atoms with van der Waals surface area (Å²) < 4.78 is 1.66. The van der Waals surface area contributed by atoms with Gasteiger partial charge in [0.1, 0.15) is 5.65 Å². The minimum absolute atomic E-state index is 0.000249. The van der Waals surface area contributed by atoms with Crippen LogP contribution in [0.25, 0.3) is 5.65 Å². The molecule has 0 saturated carbocycles. The lowest BCUT2D eigenvalue weighted by Gasteiger charge is -2.31. The van der Waals surface area contributed by atoms with Crippen molar-refractivity contribution in [3.8, 4) is 0 Å². The molecule has 2 aromatic heterocycles. The number of nitrogens with zero attached hydrogens (tertiary/aromatic N) is 3. The first-order chi connectivity index (χ1) is 9.78. The molecular weight excluding hydrogens is 250 g/mol. The summed E-state index contributed by atoms with van der Waals surface area (Å²) in [5.41, 5.74) is 1.99. The van der Waals surface area contributed by atoms with Crippen molar-refractivity contribution < 1.29 is 0 Å².